The lowest BCUT2D eigenvalue weighted by Crippen LogP contribution is -2.56. The van der Waals surface area contributed by atoms with Crippen LogP contribution in [0.15, 0.2) is 24.3 Å². The number of hydrogen-bond acceptors (Lipinski definition) is 6. The molecule has 0 saturated carbocycles. The van der Waals surface area contributed by atoms with Gasteiger partial charge in [-0.3, -0.25) is 24.6 Å². The number of carbonyl (C=O) groups excluding carboxylic acids is 4. The number of likely N-dealkylation sites (N-methyl/N-ethyl adjacent to an activating group) is 1. The van der Waals surface area contributed by atoms with Crippen LogP contribution in [0, 0.1) is 11.8 Å². The van der Waals surface area contributed by atoms with Gasteiger partial charge in [-0.15, -0.1) is 0 Å². The number of halogens is 1. The second-order valence-corrected chi connectivity index (χ2v) is 8.10. The van der Waals surface area contributed by atoms with Crippen molar-refractivity contribution in [3.63, 3.8) is 0 Å². The first kappa shape index (κ1) is 22.0. The Kier molecular flexibility index (Phi) is 6.05. The number of nitrogens with zero attached hydrogens (tertiary/aromatic N) is 2. The lowest BCUT2D eigenvalue weighted by atomic mass is 9.81. The Morgan fingerprint density at radius 3 is 2.47 bits per heavy atom. The highest BCUT2D eigenvalue weighted by Crippen LogP contribution is 2.43. The number of anilines is 1. The number of carbonyl (C=O) groups is 4. The minimum Gasteiger partial charge on any atom is -0.468 e. The molecule has 0 radical (unpaired) electrons. The summed E-state index contributed by atoms with van der Waals surface area (Å²) < 4.78 is 4.89. The van der Waals surface area contributed by atoms with Crippen LogP contribution in [0.5, 0.6) is 0 Å². The van der Waals surface area contributed by atoms with E-state index in [1.54, 1.807) is 38.1 Å². The summed E-state index contributed by atoms with van der Waals surface area (Å²) in [6.45, 7) is 3.87. The molecule has 1 aromatic rings. The van der Waals surface area contributed by atoms with Gasteiger partial charge in [0.15, 0.2) is 0 Å². The minimum atomic E-state index is -1.35. The van der Waals surface area contributed by atoms with E-state index in [0.717, 1.165) is 4.90 Å². The summed E-state index contributed by atoms with van der Waals surface area (Å²) in [5.74, 6) is -3.06. The average Bonchev–Trinajstić information content (AvgIpc) is 3.15. The van der Waals surface area contributed by atoms with E-state index in [4.69, 9.17) is 16.3 Å². The fourth-order valence-electron chi connectivity index (χ4n) is 4.30. The van der Waals surface area contributed by atoms with Gasteiger partial charge in [0, 0.05) is 36.9 Å². The molecule has 3 rings (SSSR count). The van der Waals surface area contributed by atoms with Crippen LogP contribution in [0.4, 0.5) is 10.5 Å². The summed E-state index contributed by atoms with van der Waals surface area (Å²) in [5.41, 5.74) is -0.778. The first-order valence-corrected chi connectivity index (χ1v) is 10.0. The number of hydrogen-bond donors (Lipinski definition) is 2. The molecule has 4 atom stereocenters. The Morgan fingerprint density at radius 2 is 1.90 bits per heavy atom. The minimum absolute atomic E-state index is 0.135. The van der Waals surface area contributed by atoms with Crippen LogP contribution in [-0.2, 0) is 19.1 Å². The Hall–Kier alpha value is -2.65. The first-order chi connectivity index (χ1) is 14.1. The predicted molar refractivity (Wildman–Crippen MR) is 110 cm³/mol. The fraction of sp³-hybridized carbons (Fsp3) is 0.500. The molecule has 2 aliphatic heterocycles. The summed E-state index contributed by atoms with van der Waals surface area (Å²) in [6.07, 6.45) is 0. The molecule has 2 aliphatic rings. The van der Waals surface area contributed by atoms with Gasteiger partial charge in [-0.1, -0.05) is 11.6 Å². The highest BCUT2D eigenvalue weighted by molar-refractivity contribution is 6.30. The maximum atomic E-state index is 12.8. The Balaban J connectivity index is 1.82. The molecule has 0 aromatic heterocycles. The fourth-order valence-corrected chi connectivity index (χ4v) is 4.42. The zero-order valence-electron chi connectivity index (χ0n) is 17.3. The van der Waals surface area contributed by atoms with Crippen molar-refractivity contribution in [1.82, 2.24) is 15.1 Å². The number of nitrogens with one attached hydrogen (secondary N) is 2. The molecule has 2 fully saturated rings. The number of esters is 1. The Bertz CT molecular complexity index is 876. The SMILES string of the molecule is CCN(C[C@H]1N[C@@](C)(C(=O)OC)[C@H]2C(=O)N(C)C(=O)[C@@H]12)C(=O)Nc1ccc(Cl)cc1. The van der Waals surface area contributed by atoms with E-state index >= 15 is 0 Å². The van der Waals surface area contributed by atoms with Gasteiger partial charge in [0.1, 0.15) is 5.54 Å². The quantitative estimate of drug-likeness (QED) is 0.532. The van der Waals surface area contributed by atoms with Crippen LogP contribution < -0.4 is 10.6 Å². The van der Waals surface area contributed by atoms with Crippen molar-refractivity contribution in [3.8, 4) is 0 Å². The van der Waals surface area contributed by atoms with Crippen molar-refractivity contribution in [2.75, 3.05) is 32.6 Å². The molecule has 10 heteroatoms. The number of likely N-dealkylation sites (tertiary alicyclic amines) is 1. The van der Waals surface area contributed by atoms with Crippen molar-refractivity contribution in [1.29, 1.82) is 0 Å². The number of amides is 4. The molecule has 0 spiro atoms. The molecule has 2 saturated heterocycles. The maximum absolute atomic E-state index is 12.8. The van der Waals surface area contributed by atoms with E-state index in [0.29, 0.717) is 17.3 Å². The van der Waals surface area contributed by atoms with E-state index in [1.165, 1.54) is 19.1 Å². The molecule has 0 unspecified atom stereocenters. The Morgan fingerprint density at radius 1 is 1.27 bits per heavy atom. The number of benzene rings is 1. The van der Waals surface area contributed by atoms with Crippen molar-refractivity contribution >= 4 is 41.1 Å². The molecule has 9 nitrogen and oxygen atoms in total. The van der Waals surface area contributed by atoms with Gasteiger partial charge >= 0.3 is 12.0 Å². The number of fused-ring (bicyclic) bond motifs is 1. The molecule has 0 bridgehead atoms. The first-order valence-electron chi connectivity index (χ1n) is 9.63. The van der Waals surface area contributed by atoms with Crippen LogP contribution in [-0.4, -0.2) is 72.4 Å². The van der Waals surface area contributed by atoms with Crippen LogP contribution in [0.3, 0.4) is 0 Å². The highest BCUT2D eigenvalue weighted by Gasteiger charge is 2.66. The zero-order valence-corrected chi connectivity index (χ0v) is 18.0. The number of ether oxygens (including phenoxy) is 1. The van der Waals surface area contributed by atoms with E-state index in [9.17, 15) is 19.2 Å². The summed E-state index contributed by atoms with van der Waals surface area (Å²) >= 11 is 5.87. The number of urea groups is 1. The second kappa shape index (κ2) is 8.23. The Labute approximate surface area is 179 Å². The van der Waals surface area contributed by atoms with Gasteiger partial charge in [-0.05, 0) is 38.1 Å². The lowest BCUT2D eigenvalue weighted by molar-refractivity contribution is -0.152. The van der Waals surface area contributed by atoms with Gasteiger partial charge in [0.2, 0.25) is 11.8 Å². The van der Waals surface area contributed by atoms with E-state index in [1.807, 2.05) is 0 Å². The van der Waals surface area contributed by atoms with Crippen LogP contribution in [0.1, 0.15) is 13.8 Å². The summed E-state index contributed by atoms with van der Waals surface area (Å²) in [6, 6.07) is 5.74. The number of methoxy groups -OCH3 is 1. The zero-order chi connectivity index (χ0) is 22.2. The van der Waals surface area contributed by atoms with Gasteiger partial charge < -0.3 is 15.0 Å². The van der Waals surface area contributed by atoms with Crippen molar-refractivity contribution < 1.29 is 23.9 Å². The van der Waals surface area contributed by atoms with Crippen LogP contribution >= 0.6 is 11.6 Å². The average molecular weight is 437 g/mol. The third kappa shape index (κ3) is 3.63. The number of imide groups is 1. The molecule has 2 N–H and O–H groups in total. The third-order valence-electron chi connectivity index (χ3n) is 5.90. The lowest BCUT2D eigenvalue weighted by Gasteiger charge is -2.30. The summed E-state index contributed by atoms with van der Waals surface area (Å²) in [4.78, 5) is 53.2. The highest BCUT2D eigenvalue weighted by atomic mass is 35.5. The smallest absolute Gasteiger partial charge is 0.326 e. The van der Waals surface area contributed by atoms with E-state index in [2.05, 4.69) is 10.6 Å². The summed E-state index contributed by atoms with van der Waals surface area (Å²) in [5, 5.41) is 6.45. The van der Waals surface area contributed by atoms with Crippen LogP contribution in [0.25, 0.3) is 0 Å². The standard InChI is InChI=1S/C20H25ClN4O5/c1-5-25(19(29)22-12-8-6-11(21)7-9-12)10-13-14-15(17(27)24(3)16(14)26)20(2,23-13)18(28)30-4/h6-9,13-15,23H,5,10H2,1-4H3,(H,22,29)/t13-,14+,15-,20-/m1/s1. The van der Waals surface area contributed by atoms with Gasteiger partial charge in [-0.2, -0.15) is 0 Å². The number of rotatable bonds is 5. The van der Waals surface area contributed by atoms with Gasteiger partial charge in [0.05, 0.1) is 18.9 Å². The second-order valence-electron chi connectivity index (χ2n) is 7.66. The monoisotopic (exact) mass is 436 g/mol. The predicted octanol–water partition coefficient (Wildman–Crippen LogP) is 1.33. The maximum Gasteiger partial charge on any atom is 0.326 e. The third-order valence-corrected chi connectivity index (χ3v) is 6.16. The van der Waals surface area contributed by atoms with Gasteiger partial charge in [0.25, 0.3) is 0 Å². The molecule has 2 heterocycles. The molecule has 0 aliphatic carbocycles. The normalized spacial score (nSPS) is 27.8. The van der Waals surface area contributed by atoms with Crippen LogP contribution in [0.2, 0.25) is 5.02 Å². The summed E-state index contributed by atoms with van der Waals surface area (Å²) in [7, 11) is 2.64. The topological polar surface area (TPSA) is 108 Å². The molecule has 1 aromatic carbocycles. The van der Waals surface area contributed by atoms with Crippen molar-refractivity contribution in [2.24, 2.45) is 11.8 Å². The molecule has 30 heavy (non-hydrogen) atoms. The largest absolute Gasteiger partial charge is 0.468 e. The van der Waals surface area contributed by atoms with E-state index in [-0.39, 0.29) is 18.5 Å². The van der Waals surface area contributed by atoms with Crippen molar-refractivity contribution in [3.05, 3.63) is 29.3 Å². The molecular weight excluding hydrogens is 412 g/mol. The van der Waals surface area contributed by atoms with Gasteiger partial charge in [-0.25, -0.2) is 4.79 Å². The molecular formula is C20H25ClN4O5. The molecule has 162 valence electrons. The van der Waals surface area contributed by atoms with Crippen molar-refractivity contribution in [2.45, 2.75) is 25.4 Å². The van der Waals surface area contributed by atoms with E-state index < -0.39 is 35.3 Å². The molecule has 4 amide bonds.